The third kappa shape index (κ3) is 4.72. The fraction of sp³-hybridized carbons (Fsp3) is 0.409. The number of carbonyl (C=O) groups excluding carboxylic acids is 1. The van der Waals surface area contributed by atoms with Gasteiger partial charge in [-0.25, -0.2) is 27.2 Å². The van der Waals surface area contributed by atoms with E-state index in [1.54, 1.807) is 12.1 Å². The number of pyridine rings is 1. The molecule has 35 heavy (non-hydrogen) atoms. The summed E-state index contributed by atoms with van der Waals surface area (Å²) in [7, 11) is -2.15. The van der Waals surface area contributed by atoms with Crippen molar-refractivity contribution in [1.82, 2.24) is 15.0 Å². The Kier molecular flexibility index (Phi) is 5.74. The summed E-state index contributed by atoms with van der Waals surface area (Å²) in [6, 6.07) is 6.88. The normalized spacial score (nSPS) is 15.9. The molecule has 3 N–H and O–H groups in total. The minimum Gasteiger partial charge on any atom is -0.371 e. The van der Waals surface area contributed by atoms with E-state index in [-0.39, 0.29) is 28.8 Å². The van der Waals surface area contributed by atoms with Crippen molar-refractivity contribution in [2.75, 3.05) is 46.2 Å². The number of carbonyl (C=O) groups is 1. The number of aromatic nitrogens is 3. The summed E-state index contributed by atoms with van der Waals surface area (Å²) in [5.41, 5.74) is 2.20. The third-order valence-corrected chi connectivity index (χ3v) is 7.38. The van der Waals surface area contributed by atoms with Crippen LogP contribution in [0.2, 0.25) is 0 Å². The first-order chi connectivity index (χ1) is 16.6. The minimum absolute atomic E-state index is 0.0756. The van der Waals surface area contributed by atoms with Gasteiger partial charge in [0.1, 0.15) is 11.3 Å². The van der Waals surface area contributed by atoms with E-state index in [0.717, 1.165) is 48.6 Å². The van der Waals surface area contributed by atoms with Crippen molar-refractivity contribution in [1.29, 1.82) is 0 Å². The van der Waals surface area contributed by atoms with Crippen molar-refractivity contribution in [2.24, 2.45) is 5.92 Å². The molecule has 2 aliphatic rings. The van der Waals surface area contributed by atoms with Crippen LogP contribution in [0.4, 0.5) is 37.3 Å². The van der Waals surface area contributed by atoms with Gasteiger partial charge in [0.25, 0.3) is 6.43 Å². The summed E-state index contributed by atoms with van der Waals surface area (Å²) >= 11 is 0. The molecule has 1 aromatic carbocycles. The molecule has 0 spiro atoms. The summed E-state index contributed by atoms with van der Waals surface area (Å²) in [5, 5.41) is 5.86. The zero-order valence-corrected chi connectivity index (χ0v) is 20.0. The molecule has 0 radical (unpaired) electrons. The smallest absolute Gasteiger partial charge is 0.295 e. The van der Waals surface area contributed by atoms with E-state index >= 15 is 0 Å². The molecule has 13 heteroatoms. The van der Waals surface area contributed by atoms with Crippen LogP contribution < -0.4 is 19.8 Å². The highest BCUT2D eigenvalue weighted by Gasteiger charge is 2.30. The van der Waals surface area contributed by atoms with Gasteiger partial charge < -0.3 is 20.5 Å². The zero-order chi connectivity index (χ0) is 24.9. The number of amides is 1. The molecular formula is C22H25F2N7O3S. The number of hydrogen-bond donors (Lipinski definition) is 3. The van der Waals surface area contributed by atoms with Crippen LogP contribution in [0.25, 0.3) is 11.2 Å². The monoisotopic (exact) mass is 505 g/mol. The number of H-pyrrole nitrogens is 1. The number of nitrogens with zero attached hydrogens (tertiary/aromatic N) is 4. The summed E-state index contributed by atoms with van der Waals surface area (Å²) in [5.74, 6) is -0.640. The number of sulfonamides is 1. The molecule has 10 nitrogen and oxygen atoms in total. The van der Waals surface area contributed by atoms with Gasteiger partial charge in [-0.15, -0.1) is 0 Å². The van der Waals surface area contributed by atoms with Gasteiger partial charge in [0.05, 0.1) is 23.3 Å². The number of aromatic amines is 1. The molecule has 3 heterocycles. The Morgan fingerprint density at radius 2 is 1.94 bits per heavy atom. The van der Waals surface area contributed by atoms with Gasteiger partial charge in [0.2, 0.25) is 15.9 Å². The Hall–Kier alpha value is -3.48. The number of alkyl halides is 2. The van der Waals surface area contributed by atoms with Crippen LogP contribution >= 0.6 is 0 Å². The number of anilines is 5. The molecule has 2 aromatic heterocycles. The molecule has 1 aliphatic carbocycles. The quantitative estimate of drug-likeness (QED) is 0.427. The molecule has 1 aliphatic heterocycles. The lowest BCUT2D eigenvalue weighted by molar-refractivity contribution is -0.117. The number of hydrogen-bond acceptors (Lipinski definition) is 7. The lowest BCUT2D eigenvalue weighted by Crippen LogP contribution is -2.37. The molecule has 186 valence electrons. The highest BCUT2D eigenvalue weighted by atomic mass is 32.2. The first-order valence-corrected chi connectivity index (χ1v) is 13.0. The molecule has 5 rings (SSSR count). The van der Waals surface area contributed by atoms with E-state index in [0.29, 0.717) is 17.1 Å². The average molecular weight is 506 g/mol. The third-order valence-electron chi connectivity index (χ3n) is 6.19. The Labute approximate surface area is 200 Å². The largest absolute Gasteiger partial charge is 0.371 e. The zero-order valence-electron chi connectivity index (χ0n) is 19.2. The second kappa shape index (κ2) is 8.63. The van der Waals surface area contributed by atoms with Gasteiger partial charge in [-0.1, -0.05) is 0 Å². The molecule has 0 bridgehead atoms. The number of fused-ring (bicyclic) bond motifs is 1. The van der Waals surface area contributed by atoms with E-state index in [4.69, 9.17) is 0 Å². The summed E-state index contributed by atoms with van der Waals surface area (Å²) < 4.78 is 52.6. The van der Waals surface area contributed by atoms with Crippen molar-refractivity contribution in [3.63, 3.8) is 0 Å². The van der Waals surface area contributed by atoms with Crippen LogP contribution in [0.5, 0.6) is 0 Å². The van der Waals surface area contributed by atoms with E-state index in [2.05, 4.69) is 30.5 Å². The van der Waals surface area contributed by atoms with Gasteiger partial charge >= 0.3 is 0 Å². The summed E-state index contributed by atoms with van der Waals surface area (Å²) in [6.07, 6.45) is 0.912. The Bertz CT molecular complexity index is 1400. The van der Waals surface area contributed by atoms with Crippen LogP contribution in [0.1, 0.15) is 31.5 Å². The molecule has 3 aromatic rings. The minimum atomic E-state index is -3.59. The van der Waals surface area contributed by atoms with Crippen LogP contribution in [0, 0.1) is 5.92 Å². The predicted molar refractivity (Wildman–Crippen MR) is 130 cm³/mol. The first kappa shape index (κ1) is 23.3. The maximum Gasteiger partial charge on any atom is 0.295 e. The molecule has 0 atom stereocenters. The second-order valence-electron chi connectivity index (χ2n) is 8.84. The molecular weight excluding hydrogens is 480 g/mol. The molecule has 1 amide bonds. The first-order valence-electron chi connectivity index (χ1n) is 11.2. The number of nitrogens with one attached hydrogen (secondary N) is 3. The summed E-state index contributed by atoms with van der Waals surface area (Å²) in [6.45, 7) is 1.76. The Morgan fingerprint density at radius 3 is 2.54 bits per heavy atom. The van der Waals surface area contributed by atoms with E-state index in [9.17, 15) is 22.0 Å². The van der Waals surface area contributed by atoms with Crippen LogP contribution in [0.3, 0.4) is 0 Å². The van der Waals surface area contributed by atoms with E-state index in [1.807, 2.05) is 6.07 Å². The second-order valence-corrected chi connectivity index (χ2v) is 10.8. The topological polar surface area (TPSA) is 123 Å². The Balaban J connectivity index is 1.58. The van der Waals surface area contributed by atoms with Crippen molar-refractivity contribution in [2.45, 2.75) is 25.7 Å². The van der Waals surface area contributed by atoms with Crippen LogP contribution in [0.15, 0.2) is 24.3 Å². The lowest BCUT2D eigenvalue weighted by atomic mass is 10.1. The fourth-order valence-electron chi connectivity index (χ4n) is 3.83. The molecule has 2 fully saturated rings. The Morgan fingerprint density at radius 1 is 1.20 bits per heavy atom. The maximum absolute atomic E-state index is 13.4. The van der Waals surface area contributed by atoms with E-state index < -0.39 is 22.3 Å². The van der Waals surface area contributed by atoms with Crippen molar-refractivity contribution >= 4 is 55.7 Å². The highest BCUT2D eigenvalue weighted by molar-refractivity contribution is 7.92. The van der Waals surface area contributed by atoms with Gasteiger partial charge in [-0.3, -0.25) is 9.10 Å². The molecule has 1 saturated carbocycles. The van der Waals surface area contributed by atoms with Crippen LogP contribution in [-0.4, -0.2) is 55.7 Å². The molecule has 1 saturated heterocycles. The summed E-state index contributed by atoms with van der Waals surface area (Å²) in [4.78, 5) is 25.2. The van der Waals surface area contributed by atoms with Crippen molar-refractivity contribution in [3.8, 4) is 0 Å². The number of imidazole rings is 1. The fourth-order valence-corrected chi connectivity index (χ4v) is 4.33. The predicted octanol–water partition coefficient (Wildman–Crippen LogP) is 3.59. The van der Waals surface area contributed by atoms with Gasteiger partial charge in [0, 0.05) is 37.8 Å². The van der Waals surface area contributed by atoms with Gasteiger partial charge in [-0.05, 0) is 37.5 Å². The van der Waals surface area contributed by atoms with Gasteiger partial charge in [-0.2, -0.15) is 0 Å². The van der Waals surface area contributed by atoms with Crippen molar-refractivity contribution in [3.05, 3.63) is 30.1 Å². The maximum atomic E-state index is 13.4. The van der Waals surface area contributed by atoms with Gasteiger partial charge in [0.15, 0.2) is 11.5 Å². The van der Waals surface area contributed by atoms with Crippen molar-refractivity contribution < 1.29 is 22.0 Å². The SMILES string of the molecule is CN(c1cc(N2CCC2)ccc1Nc1cc(NC(=O)C2CC2)nc2[nH]c(C(F)F)nc12)S(C)(=O)=O. The number of rotatable bonds is 8. The number of benzene rings is 1. The van der Waals surface area contributed by atoms with Crippen LogP contribution in [-0.2, 0) is 14.8 Å². The highest BCUT2D eigenvalue weighted by Crippen LogP contribution is 2.37. The van der Waals surface area contributed by atoms with E-state index in [1.165, 1.54) is 13.1 Å². The average Bonchev–Trinajstić information content (AvgIpc) is 3.51. The molecule has 0 unspecified atom stereocenters. The number of halogens is 2. The standard InChI is InChI=1S/C22H25F2N7O3S/c1-30(35(2,33)34)16-10-13(31-8-3-9-31)6-7-14(16)25-15-11-17(27-22(32)12-4-5-12)26-20-18(15)28-21(29-20)19(23)24/h6-7,10-12,19H,3-5,8-9H2,1-2H3,(H3,25,26,27,28,29,32). The lowest BCUT2D eigenvalue weighted by Gasteiger charge is -2.34.